The lowest BCUT2D eigenvalue weighted by atomic mass is 9.92. The zero-order valence-corrected chi connectivity index (χ0v) is 18.9. The molecule has 0 spiro atoms. The maximum absolute atomic E-state index is 12.9. The Morgan fingerprint density at radius 3 is 2.00 bits per heavy atom. The zero-order chi connectivity index (χ0) is 22.1. The van der Waals surface area contributed by atoms with Crippen LogP contribution in [-0.4, -0.2) is 57.7 Å². The minimum absolute atomic E-state index is 0.0105. The van der Waals surface area contributed by atoms with E-state index in [-0.39, 0.29) is 22.9 Å². The molecule has 0 unspecified atom stereocenters. The topological polar surface area (TPSA) is 70.5 Å². The summed E-state index contributed by atoms with van der Waals surface area (Å²) in [5.74, 6) is 0.705. The van der Waals surface area contributed by atoms with Crippen molar-refractivity contribution >= 4 is 17.8 Å². The van der Waals surface area contributed by atoms with Crippen molar-refractivity contribution < 1.29 is 9.59 Å². The molecule has 0 aliphatic carbocycles. The van der Waals surface area contributed by atoms with Crippen LogP contribution in [0.2, 0.25) is 0 Å². The molecular formula is C23H33N5O2. The van der Waals surface area contributed by atoms with Crippen molar-refractivity contribution in [3.8, 4) is 0 Å². The van der Waals surface area contributed by atoms with Crippen LogP contribution < -0.4 is 5.32 Å². The highest BCUT2D eigenvalue weighted by molar-refractivity contribution is 5.94. The maximum Gasteiger partial charge on any atom is 0.323 e. The van der Waals surface area contributed by atoms with Gasteiger partial charge in [0.15, 0.2) is 0 Å². The summed E-state index contributed by atoms with van der Waals surface area (Å²) in [7, 11) is 0. The van der Waals surface area contributed by atoms with Crippen LogP contribution in [0.5, 0.6) is 0 Å². The van der Waals surface area contributed by atoms with Gasteiger partial charge in [-0.25, -0.2) is 9.48 Å². The summed E-state index contributed by atoms with van der Waals surface area (Å²) in [6.45, 7) is 14.6. The van der Waals surface area contributed by atoms with Crippen LogP contribution in [-0.2, 0) is 11.0 Å². The van der Waals surface area contributed by atoms with Gasteiger partial charge >= 0.3 is 6.03 Å². The molecule has 0 radical (unpaired) electrons. The lowest BCUT2D eigenvalue weighted by Gasteiger charge is -2.35. The first-order valence-corrected chi connectivity index (χ1v) is 10.5. The predicted octanol–water partition coefficient (Wildman–Crippen LogP) is 3.93. The summed E-state index contributed by atoms with van der Waals surface area (Å²) in [5.41, 5.74) is 1.25. The average Bonchev–Trinajstić information content (AvgIpc) is 3.13. The van der Waals surface area contributed by atoms with Gasteiger partial charge in [-0.3, -0.25) is 10.1 Å². The van der Waals surface area contributed by atoms with Gasteiger partial charge in [0.1, 0.15) is 5.82 Å². The van der Waals surface area contributed by atoms with Crippen LogP contribution in [0.25, 0.3) is 0 Å². The largest absolute Gasteiger partial charge is 0.335 e. The Bertz CT molecular complexity index is 898. The van der Waals surface area contributed by atoms with E-state index in [1.807, 2.05) is 41.1 Å². The Kier molecular flexibility index (Phi) is 5.92. The quantitative estimate of drug-likeness (QED) is 0.814. The number of hydrogen-bond acceptors (Lipinski definition) is 3. The number of piperazine rings is 1. The van der Waals surface area contributed by atoms with E-state index in [0.29, 0.717) is 37.6 Å². The van der Waals surface area contributed by atoms with E-state index in [0.717, 1.165) is 5.69 Å². The number of urea groups is 1. The molecule has 1 aliphatic rings. The van der Waals surface area contributed by atoms with Crippen molar-refractivity contribution in [3.05, 3.63) is 47.7 Å². The van der Waals surface area contributed by atoms with Crippen molar-refractivity contribution in [1.82, 2.24) is 19.6 Å². The monoisotopic (exact) mass is 411 g/mol. The molecule has 3 amide bonds. The summed E-state index contributed by atoms with van der Waals surface area (Å²) in [6, 6.07) is 11.1. The number of carbonyl (C=O) groups is 2. The molecule has 0 bridgehead atoms. The first kappa shape index (κ1) is 21.9. The molecule has 7 heteroatoms. The summed E-state index contributed by atoms with van der Waals surface area (Å²) >= 11 is 0. The number of hydrogen-bond donors (Lipinski definition) is 1. The first-order valence-electron chi connectivity index (χ1n) is 10.5. The second-order valence-corrected chi connectivity index (χ2v) is 9.82. The van der Waals surface area contributed by atoms with E-state index in [4.69, 9.17) is 5.10 Å². The number of nitrogens with zero attached hydrogens (tertiary/aromatic N) is 4. The van der Waals surface area contributed by atoms with Gasteiger partial charge in [-0.15, -0.1) is 0 Å². The van der Waals surface area contributed by atoms with Crippen molar-refractivity contribution in [2.75, 3.05) is 31.5 Å². The standard InChI is InChI=1S/C23H33N5O2/c1-22(2,3)18-16-19(28(25-18)23(4,5)6)24-21(30)27-14-12-26(13-15-27)20(29)17-10-8-7-9-11-17/h7-11,16H,12-15H2,1-6H3,(H,24,30). The van der Waals surface area contributed by atoms with Crippen LogP contribution >= 0.6 is 0 Å². The van der Waals surface area contributed by atoms with Crippen molar-refractivity contribution in [1.29, 1.82) is 0 Å². The van der Waals surface area contributed by atoms with Gasteiger partial charge in [-0.05, 0) is 32.9 Å². The number of nitrogens with one attached hydrogen (secondary N) is 1. The lowest BCUT2D eigenvalue weighted by Crippen LogP contribution is -2.51. The van der Waals surface area contributed by atoms with Crippen molar-refractivity contribution in [2.24, 2.45) is 0 Å². The maximum atomic E-state index is 12.9. The van der Waals surface area contributed by atoms with Gasteiger partial charge in [0.2, 0.25) is 0 Å². The van der Waals surface area contributed by atoms with Crippen LogP contribution in [0, 0.1) is 0 Å². The van der Waals surface area contributed by atoms with Gasteiger partial charge in [0, 0.05) is 43.2 Å². The molecule has 1 aromatic heterocycles. The zero-order valence-electron chi connectivity index (χ0n) is 18.9. The summed E-state index contributed by atoms with van der Waals surface area (Å²) in [4.78, 5) is 29.1. The summed E-state index contributed by atoms with van der Waals surface area (Å²) in [5, 5.41) is 7.79. The van der Waals surface area contributed by atoms with Crippen molar-refractivity contribution in [2.45, 2.75) is 52.5 Å². The highest BCUT2D eigenvalue weighted by Gasteiger charge is 2.28. The van der Waals surface area contributed by atoms with Gasteiger partial charge in [-0.2, -0.15) is 5.10 Å². The molecule has 30 heavy (non-hydrogen) atoms. The molecule has 1 aromatic carbocycles. The molecule has 3 rings (SSSR count). The summed E-state index contributed by atoms with van der Waals surface area (Å²) < 4.78 is 1.88. The van der Waals surface area contributed by atoms with Crippen molar-refractivity contribution in [3.63, 3.8) is 0 Å². The SMILES string of the molecule is CC(C)(C)c1cc(NC(=O)N2CCN(C(=O)c3ccccc3)CC2)n(C(C)(C)C)n1. The molecule has 1 saturated heterocycles. The van der Waals surface area contributed by atoms with Gasteiger partial charge < -0.3 is 9.80 Å². The molecule has 7 nitrogen and oxygen atoms in total. The smallest absolute Gasteiger partial charge is 0.323 e. The fourth-order valence-electron chi connectivity index (χ4n) is 3.41. The van der Waals surface area contributed by atoms with E-state index in [1.54, 1.807) is 9.80 Å². The third kappa shape index (κ3) is 4.83. The highest BCUT2D eigenvalue weighted by Crippen LogP contribution is 2.28. The number of amides is 3. The average molecular weight is 412 g/mol. The van der Waals surface area contributed by atoms with Gasteiger partial charge in [0.05, 0.1) is 11.2 Å². The van der Waals surface area contributed by atoms with Gasteiger partial charge in [0.25, 0.3) is 5.91 Å². The van der Waals surface area contributed by atoms with E-state index in [1.165, 1.54) is 0 Å². The van der Waals surface area contributed by atoms with E-state index in [9.17, 15) is 9.59 Å². The Morgan fingerprint density at radius 2 is 1.47 bits per heavy atom. The third-order valence-corrected chi connectivity index (χ3v) is 5.22. The minimum Gasteiger partial charge on any atom is -0.335 e. The Balaban J connectivity index is 1.66. The Morgan fingerprint density at radius 1 is 0.900 bits per heavy atom. The predicted molar refractivity (Wildman–Crippen MR) is 119 cm³/mol. The number of rotatable bonds is 2. The van der Waals surface area contributed by atoms with E-state index in [2.05, 4.69) is 46.9 Å². The van der Waals surface area contributed by atoms with E-state index < -0.39 is 0 Å². The number of benzene rings is 1. The van der Waals surface area contributed by atoms with Crippen LogP contribution in [0.3, 0.4) is 0 Å². The molecule has 0 saturated carbocycles. The second-order valence-electron chi connectivity index (χ2n) is 9.82. The van der Waals surface area contributed by atoms with Gasteiger partial charge in [-0.1, -0.05) is 39.0 Å². The summed E-state index contributed by atoms with van der Waals surface area (Å²) in [6.07, 6.45) is 0. The second kappa shape index (κ2) is 8.13. The van der Waals surface area contributed by atoms with E-state index >= 15 is 0 Å². The fraction of sp³-hybridized carbons (Fsp3) is 0.522. The van der Waals surface area contributed by atoms with Crippen LogP contribution in [0.15, 0.2) is 36.4 Å². The lowest BCUT2D eigenvalue weighted by molar-refractivity contribution is 0.0671. The molecule has 0 atom stereocenters. The molecule has 1 fully saturated rings. The van der Waals surface area contributed by atoms with Crippen LogP contribution in [0.4, 0.5) is 10.6 Å². The third-order valence-electron chi connectivity index (χ3n) is 5.22. The van der Waals surface area contributed by atoms with Crippen LogP contribution in [0.1, 0.15) is 57.6 Å². The molecule has 1 N–H and O–H groups in total. The molecule has 162 valence electrons. The minimum atomic E-state index is -0.257. The fourth-order valence-corrected chi connectivity index (χ4v) is 3.41. The normalized spacial score (nSPS) is 15.3. The number of carbonyl (C=O) groups excluding carboxylic acids is 2. The Hall–Kier alpha value is -2.83. The molecule has 1 aliphatic heterocycles. The molecule has 2 heterocycles. The number of aromatic nitrogens is 2. The first-order chi connectivity index (χ1) is 14.0. The Labute approximate surface area is 179 Å². The molecular weight excluding hydrogens is 378 g/mol. The number of anilines is 1. The highest BCUT2D eigenvalue weighted by atomic mass is 16.2. The molecule has 2 aromatic rings.